The van der Waals surface area contributed by atoms with Crippen LogP contribution in [0.1, 0.15) is 68.9 Å². The fraction of sp³-hybridized carbons (Fsp3) is 0.750. The SMILES string of the molecule is Cc1noc(C)c1CCC1CCC2=C(CC[C@]3(C)[C@H](O)CC[C@@H]23)O1. The van der Waals surface area contributed by atoms with Gasteiger partial charge in [-0.3, -0.25) is 0 Å². The second-order valence-corrected chi connectivity index (χ2v) is 8.22. The van der Waals surface area contributed by atoms with Gasteiger partial charge in [0.05, 0.1) is 23.7 Å². The van der Waals surface area contributed by atoms with Crippen molar-refractivity contribution in [2.45, 2.75) is 84.3 Å². The number of fused-ring (bicyclic) bond motifs is 2. The second kappa shape index (κ2) is 5.91. The second-order valence-electron chi connectivity index (χ2n) is 8.22. The summed E-state index contributed by atoms with van der Waals surface area (Å²) in [6, 6.07) is 0. The Morgan fingerprint density at radius 3 is 2.79 bits per heavy atom. The summed E-state index contributed by atoms with van der Waals surface area (Å²) in [6.07, 6.45) is 8.59. The van der Waals surface area contributed by atoms with Crippen LogP contribution in [0.4, 0.5) is 0 Å². The monoisotopic (exact) mass is 331 g/mol. The van der Waals surface area contributed by atoms with Gasteiger partial charge in [-0.2, -0.15) is 0 Å². The summed E-state index contributed by atoms with van der Waals surface area (Å²) in [5.74, 6) is 2.73. The maximum Gasteiger partial charge on any atom is 0.137 e. The first kappa shape index (κ1) is 16.2. The highest BCUT2D eigenvalue weighted by Crippen LogP contribution is 2.56. The average Bonchev–Trinajstić information content (AvgIpc) is 3.05. The Labute approximate surface area is 144 Å². The van der Waals surface area contributed by atoms with Crippen LogP contribution >= 0.6 is 0 Å². The average molecular weight is 331 g/mol. The Morgan fingerprint density at radius 2 is 2.04 bits per heavy atom. The maximum atomic E-state index is 10.4. The minimum Gasteiger partial charge on any atom is -0.495 e. The first-order chi connectivity index (χ1) is 11.5. The first-order valence-electron chi connectivity index (χ1n) is 9.47. The lowest BCUT2D eigenvalue weighted by atomic mass is 9.66. The van der Waals surface area contributed by atoms with Gasteiger partial charge in [-0.1, -0.05) is 12.1 Å². The lowest BCUT2D eigenvalue weighted by Gasteiger charge is -2.44. The molecule has 0 radical (unpaired) electrons. The van der Waals surface area contributed by atoms with Crippen molar-refractivity contribution >= 4 is 0 Å². The molecule has 2 aliphatic carbocycles. The Kier molecular flexibility index (Phi) is 3.98. The molecule has 0 amide bonds. The van der Waals surface area contributed by atoms with Crippen molar-refractivity contribution < 1.29 is 14.4 Å². The molecule has 3 aliphatic rings. The van der Waals surface area contributed by atoms with Gasteiger partial charge in [0.1, 0.15) is 5.76 Å². The van der Waals surface area contributed by atoms with E-state index >= 15 is 0 Å². The number of aliphatic hydroxyl groups is 1. The lowest BCUT2D eigenvalue weighted by Crippen LogP contribution is -2.38. The van der Waals surface area contributed by atoms with Crippen LogP contribution in [0.2, 0.25) is 0 Å². The summed E-state index contributed by atoms with van der Waals surface area (Å²) in [5, 5.41) is 14.4. The molecule has 1 fully saturated rings. The number of allylic oxidation sites excluding steroid dienone is 2. The van der Waals surface area contributed by atoms with Crippen molar-refractivity contribution in [3.05, 3.63) is 28.3 Å². The molecular formula is C20H29NO3. The number of hydrogen-bond donors (Lipinski definition) is 1. The van der Waals surface area contributed by atoms with E-state index in [0.717, 1.165) is 62.8 Å². The fourth-order valence-electron chi connectivity index (χ4n) is 5.26. The Hall–Kier alpha value is -1.29. The summed E-state index contributed by atoms with van der Waals surface area (Å²) < 4.78 is 11.7. The minimum atomic E-state index is -0.131. The third-order valence-electron chi connectivity index (χ3n) is 6.90. The van der Waals surface area contributed by atoms with Crippen LogP contribution < -0.4 is 0 Å². The number of hydrogen-bond acceptors (Lipinski definition) is 4. The van der Waals surface area contributed by atoms with Gasteiger partial charge in [-0.15, -0.1) is 0 Å². The topological polar surface area (TPSA) is 55.5 Å². The number of nitrogens with zero attached hydrogens (tertiary/aromatic N) is 1. The van der Waals surface area contributed by atoms with E-state index < -0.39 is 0 Å². The highest BCUT2D eigenvalue weighted by atomic mass is 16.5. The fourth-order valence-corrected chi connectivity index (χ4v) is 5.26. The zero-order valence-electron chi connectivity index (χ0n) is 15.1. The highest BCUT2D eigenvalue weighted by molar-refractivity contribution is 5.25. The molecule has 1 aromatic rings. The van der Waals surface area contributed by atoms with Gasteiger partial charge in [0.2, 0.25) is 0 Å². The van der Waals surface area contributed by atoms with E-state index in [2.05, 4.69) is 12.1 Å². The van der Waals surface area contributed by atoms with Crippen LogP contribution in [-0.2, 0) is 11.2 Å². The molecule has 0 aromatic carbocycles. The number of aromatic nitrogens is 1. The van der Waals surface area contributed by atoms with E-state index in [1.165, 1.54) is 16.9 Å². The molecule has 1 saturated carbocycles. The number of aliphatic hydroxyl groups excluding tert-OH is 1. The molecule has 24 heavy (non-hydrogen) atoms. The van der Waals surface area contributed by atoms with Crippen LogP contribution in [0.25, 0.3) is 0 Å². The minimum absolute atomic E-state index is 0.0890. The van der Waals surface area contributed by atoms with Crippen LogP contribution in [0, 0.1) is 25.2 Å². The molecule has 132 valence electrons. The number of rotatable bonds is 3. The molecule has 4 nitrogen and oxygen atoms in total. The molecule has 0 saturated heterocycles. The zero-order chi connectivity index (χ0) is 16.9. The van der Waals surface area contributed by atoms with Gasteiger partial charge in [0.15, 0.2) is 0 Å². The molecule has 0 spiro atoms. The molecule has 1 unspecified atom stereocenters. The predicted octanol–water partition coefficient (Wildman–Crippen LogP) is 4.23. The molecule has 1 aromatic heterocycles. The van der Waals surface area contributed by atoms with E-state index in [9.17, 15) is 5.11 Å². The maximum absolute atomic E-state index is 10.4. The van der Waals surface area contributed by atoms with E-state index in [1.807, 2.05) is 13.8 Å². The smallest absolute Gasteiger partial charge is 0.137 e. The largest absolute Gasteiger partial charge is 0.495 e. The number of ether oxygens (including phenoxy) is 1. The van der Waals surface area contributed by atoms with Crippen LogP contribution in [-0.4, -0.2) is 22.5 Å². The summed E-state index contributed by atoms with van der Waals surface area (Å²) in [5.41, 5.74) is 3.87. The van der Waals surface area contributed by atoms with Crippen molar-refractivity contribution in [1.82, 2.24) is 5.16 Å². The quantitative estimate of drug-likeness (QED) is 0.900. The molecular weight excluding hydrogens is 302 g/mol. The number of aryl methyl sites for hydroxylation is 2. The van der Waals surface area contributed by atoms with Gasteiger partial charge >= 0.3 is 0 Å². The molecule has 4 heteroatoms. The van der Waals surface area contributed by atoms with Gasteiger partial charge < -0.3 is 14.4 Å². The Morgan fingerprint density at radius 1 is 1.21 bits per heavy atom. The van der Waals surface area contributed by atoms with Gasteiger partial charge in [-0.05, 0) is 70.3 Å². The van der Waals surface area contributed by atoms with Gasteiger partial charge in [0.25, 0.3) is 0 Å². The van der Waals surface area contributed by atoms with Crippen LogP contribution in [0.3, 0.4) is 0 Å². The zero-order valence-corrected chi connectivity index (χ0v) is 15.1. The normalized spacial score (nSPS) is 35.6. The molecule has 2 heterocycles. The van der Waals surface area contributed by atoms with Crippen molar-refractivity contribution in [3.8, 4) is 0 Å². The summed E-state index contributed by atoms with van der Waals surface area (Å²) in [6.45, 7) is 6.29. The van der Waals surface area contributed by atoms with Crippen molar-refractivity contribution in [3.63, 3.8) is 0 Å². The Balaban J connectivity index is 1.44. The summed E-state index contributed by atoms with van der Waals surface area (Å²) >= 11 is 0. The van der Waals surface area contributed by atoms with Gasteiger partial charge in [0, 0.05) is 17.4 Å². The Bertz CT molecular complexity index is 642. The van der Waals surface area contributed by atoms with Crippen LogP contribution in [0.5, 0.6) is 0 Å². The first-order valence-corrected chi connectivity index (χ1v) is 9.47. The molecule has 4 rings (SSSR count). The van der Waals surface area contributed by atoms with E-state index in [4.69, 9.17) is 9.26 Å². The van der Waals surface area contributed by atoms with Crippen molar-refractivity contribution in [1.29, 1.82) is 0 Å². The van der Waals surface area contributed by atoms with E-state index in [1.54, 1.807) is 0 Å². The van der Waals surface area contributed by atoms with Gasteiger partial charge in [-0.25, -0.2) is 0 Å². The van der Waals surface area contributed by atoms with Crippen molar-refractivity contribution in [2.24, 2.45) is 11.3 Å². The molecule has 4 atom stereocenters. The van der Waals surface area contributed by atoms with E-state index in [0.29, 0.717) is 12.0 Å². The molecule has 0 bridgehead atoms. The van der Waals surface area contributed by atoms with E-state index in [-0.39, 0.29) is 11.5 Å². The van der Waals surface area contributed by atoms with Crippen LogP contribution in [0.15, 0.2) is 15.9 Å². The summed E-state index contributed by atoms with van der Waals surface area (Å²) in [4.78, 5) is 0. The predicted molar refractivity (Wildman–Crippen MR) is 91.5 cm³/mol. The third-order valence-corrected chi connectivity index (χ3v) is 6.90. The highest BCUT2D eigenvalue weighted by Gasteiger charge is 2.50. The molecule has 1 aliphatic heterocycles. The standard InChI is InChI=1S/C20H29NO3/c1-12-15(13(2)24-21-12)6-4-14-5-7-16-17-8-9-19(22)20(17,3)11-10-18(16)23-14/h14,17,19,22H,4-11H2,1-3H3/t14?,17-,19+,20-/m0/s1. The lowest BCUT2D eigenvalue weighted by molar-refractivity contribution is 0.00486. The third kappa shape index (κ3) is 2.50. The summed E-state index contributed by atoms with van der Waals surface area (Å²) in [7, 11) is 0. The molecule has 1 N–H and O–H groups in total. The van der Waals surface area contributed by atoms with Crippen molar-refractivity contribution in [2.75, 3.05) is 0 Å².